The van der Waals surface area contributed by atoms with Crippen molar-refractivity contribution in [3.63, 3.8) is 0 Å². The van der Waals surface area contributed by atoms with E-state index in [9.17, 15) is 0 Å². The second kappa shape index (κ2) is 5.45. The lowest BCUT2D eigenvalue weighted by atomic mass is 10.0. The number of ether oxygens (including phenoxy) is 2. The van der Waals surface area contributed by atoms with Crippen molar-refractivity contribution in [3.05, 3.63) is 41.7 Å². The van der Waals surface area contributed by atoms with Gasteiger partial charge in [-0.3, -0.25) is 4.90 Å². The van der Waals surface area contributed by atoms with Crippen molar-refractivity contribution >= 4 is 0 Å². The van der Waals surface area contributed by atoms with E-state index in [1.54, 1.807) is 14.2 Å². The summed E-state index contributed by atoms with van der Waals surface area (Å²) in [5.74, 6) is 1.57. The monoisotopic (exact) mass is 286 g/mol. The summed E-state index contributed by atoms with van der Waals surface area (Å²) < 4.78 is 13.2. The minimum atomic E-state index is 0.282. The predicted octanol–water partition coefficient (Wildman–Crippen LogP) is 3.24. The SMILES string of the molecule is CCN(CC)C1c2cc(OC)c(OC)cc2-n2cccc21. The quantitative estimate of drug-likeness (QED) is 0.844. The molecular formula is C17H22N2O2. The highest BCUT2D eigenvalue weighted by molar-refractivity contribution is 5.61. The Kier molecular flexibility index (Phi) is 3.64. The highest BCUT2D eigenvalue weighted by atomic mass is 16.5. The van der Waals surface area contributed by atoms with Crippen LogP contribution in [0.3, 0.4) is 0 Å². The Morgan fingerprint density at radius 3 is 2.38 bits per heavy atom. The molecule has 0 saturated heterocycles. The molecule has 0 aliphatic carbocycles. The Labute approximate surface area is 125 Å². The van der Waals surface area contributed by atoms with Crippen LogP contribution in [-0.2, 0) is 0 Å². The van der Waals surface area contributed by atoms with Crippen LogP contribution in [0.1, 0.15) is 31.1 Å². The van der Waals surface area contributed by atoms with E-state index in [2.05, 4.69) is 53.8 Å². The zero-order valence-electron chi connectivity index (χ0n) is 13.1. The fourth-order valence-corrected chi connectivity index (χ4v) is 3.28. The van der Waals surface area contributed by atoms with Crippen molar-refractivity contribution in [1.82, 2.24) is 9.47 Å². The summed E-state index contributed by atoms with van der Waals surface area (Å²) in [5, 5.41) is 0. The van der Waals surface area contributed by atoms with Gasteiger partial charge in [0.1, 0.15) is 0 Å². The number of fused-ring (bicyclic) bond motifs is 3. The fraction of sp³-hybridized carbons (Fsp3) is 0.412. The molecule has 0 amide bonds. The molecule has 0 N–H and O–H groups in total. The molecule has 0 bridgehead atoms. The molecule has 1 atom stereocenters. The highest BCUT2D eigenvalue weighted by Crippen LogP contribution is 2.44. The molecule has 1 aliphatic heterocycles. The summed E-state index contributed by atoms with van der Waals surface area (Å²) in [6, 6.07) is 8.77. The van der Waals surface area contributed by atoms with Crippen LogP contribution in [0.2, 0.25) is 0 Å². The molecule has 1 aromatic carbocycles. The van der Waals surface area contributed by atoms with Crippen molar-refractivity contribution in [1.29, 1.82) is 0 Å². The van der Waals surface area contributed by atoms with Gasteiger partial charge in [-0.2, -0.15) is 0 Å². The third-order valence-electron chi connectivity index (χ3n) is 4.32. The van der Waals surface area contributed by atoms with Crippen LogP contribution in [0.25, 0.3) is 5.69 Å². The molecular weight excluding hydrogens is 264 g/mol. The molecule has 2 heterocycles. The largest absolute Gasteiger partial charge is 0.493 e. The number of hydrogen-bond donors (Lipinski definition) is 0. The number of methoxy groups -OCH3 is 2. The van der Waals surface area contributed by atoms with Crippen molar-refractivity contribution < 1.29 is 9.47 Å². The van der Waals surface area contributed by atoms with Crippen molar-refractivity contribution in [2.24, 2.45) is 0 Å². The van der Waals surface area contributed by atoms with Gasteiger partial charge in [0.25, 0.3) is 0 Å². The lowest BCUT2D eigenvalue weighted by molar-refractivity contribution is 0.251. The van der Waals surface area contributed by atoms with E-state index in [1.807, 2.05) is 0 Å². The first kappa shape index (κ1) is 14.0. The Bertz CT molecular complexity index is 644. The molecule has 0 radical (unpaired) electrons. The minimum absolute atomic E-state index is 0.282. The van der Waals surface area contributed by atoms with E-state index in [0.29, 0.717) is 0 Å². The molecule has 1 aromatic heterocycles. The van der Waals surface area contributed by atoms with E-state index < -0.39 is 0 Å². The van der Waals surface area contributed by atoms with E-state index in [-0.39, 0.29) is 6.04 Å². The van der Waals surface area contributed by atoms with Gasteiger partial charge in [0.15, 0.2) is 11.5 Å². The van der Waals surface area contributed by atoms with Crippen LogP contribution in [0.5, 0.6) is 11.5 Å². The van der Waals surface area contributed by atoms with Gasteiger partial charge in [0.2, 0.25) is 0 Å². The first-order chi connectivity index (χ1) is 10.2. The number of nitrogens with zero attached hydrogens (tertiary/aromatic N) is 2. The molecule has 1 aliphatic rings. The van der Waals surface area contributed by atoms with Gasteiger partial charge >= 0.3 is 0 Å². The summed E-state index contributed by atoms with van der Waals surface area (Å²) in [5.41, 5.74) is 3.78. The lowest BCUT2D eigenvalue weighted by Crippen LogP contribution is -2.28. The first-order valence-corrected chi connectivity index (χ1v) is 7.42. The molecule has 21 heavy (non-hydrogen) atoms. The summed E-state index contributed by atoms with van der Waals surface area (Å²) in [4.78, 5) is 2.46. The molecule has 3 rings (SSSR count). The third kappa shape index (κ3) is 2.02. The summed E-state index contributed by atoms with van der Waals surface area (Å²) >= 11 is 0. The van der Waals surface area contributed by atoms with Gasteiger partial charge in [-0.15, -0.1) is 0 Å². The maximum absolute atomic E-state index is 5.48. The van der Waals surface area contributed by atoms with Crippen molar-refractivity contribution in [2.45, 2.75) is 19.9 Å². The van der Waals surface area contributed by atoms with Crippen LogP contribution in [0.4, 0.5) is 0 Å². The molecule has 4 nitrogen and oxygen atoms in total. The van der Waals surface area contributed by atoms with Gasteiger partial charge in [-0.05, 0) is 31.3 Å². The van der Waals surface area contributed by atoms with Crippen LogP contribution in [0.15, 0.2) is 30.5 Å². The summed E-state index contributed by atoms with van der Waals surface area (Å²) in [7, 11) is 3.36. The smallest absolute Gasteiger partial charge is 0.162 e. The van der Waals surface area contributed by atoms with Gasteiger partial charge < -0.3 is 14.0 Å². The van der Waals surface area contributed by atoms with Gasteiger partial charge in [-0.1, -0.05) is 13.8 Å². The first-order valence-electron chi connectivity index (χ1n) is 7.42. The summed E-state index contributed by atoms with van der Waals surface area (Å²) in [6.07, 6.45) is 2.11. The Balaban J connectivity index is 2.20. The second-order valence-corrected chi connectivity index (χ2v) is 5.19. The van der Waals surface area contributed by atoms with E-state index in [1.165, 1.54) is 16.9 Å². The normalized spacial score (nSPS) is 16.0. The molecule has 0 fully saturated rings. The highest BCUT2D eigenvalue weighted by Gasteiger charge is 2.33. The Hall–Kier alpha value is -1.94. The van der Waals surface area contributed by atoms with Crippen LogP contribution < -0.4 is 9.47 Å². The number of aromatic nitrogens is 1. The maximum Gasteiger partial charge on any atom is 0.162 e. The lowest BCUT2D eigenvalue weighted by Gasteiger charge is -2.27. The topological polar surface area (TPSA) is 26.6 Å². The number of benzene rings is 1. The Morgan fingerprint density at radius 1 is 1.10 bits per heavy atom. The molecule has 1 unspecified atom stereocenters. The zero-order chi connectivity index (χ0) is 15.0. The van der Waals surface area contributed by atoms with Crippen molar-refractivity contribution in [3.8, 4) is 17.2 Å². The Morgan fingerprint density at radius 2 is 1.76 bits per heavy atom. The van der Waals surface area contributed by atoms with Crippen LogP contribution in [-0.4, -0.2) is 36.8 Å². The molecule has 112 valence electrons. The van der Waals surface area contributed by atoms with E-state index in [0.717, 1.165) is 24.6 Å². The van der Waals surface area contributed by atoms with Crippen molar-refractivity contribution in [2.75, 3.05) is 27.3 Å². The number of rotatable bonds is 5. The van der Waals surface area contributed by atoms with Crippen LogP contribution in [0, 0.1) is 0 Å². The fourth-order valence-electron chi connectivity index (χ4n) is 3.28. The molecule has 0 saturated carbocycles. The molecule has 4 heteroatoms. The second-order valence-electron chi connectivity index (χ2n) is 5.19. The van der Waals surface area contributed by atoms with E-state index in [4.69, 9.17) is 9.47 Å². The van der Waals surface area contributed by atoms with Gasteiger partial charge in [0, 0.05) is 23.5 Å². The zero-order valence-corrected chi connectivity index (χ0v) is 13.1. The number of hydrogen-bond acceptors (Lipinski definition) is 3. The molecule has 0 spiro atoms. The summed E-state index contributed by atoms with van der Waals surface area (Å²) in [6.45, 7) is 6.44. The average Bonchev–Trinajstić information content (AvgIpc) is 3.09. The predicted molar refractivity (Wildman–Crippen MR) is 83.6 cm³/mol. The van der Waals surface area contributed by atoms with Gasteiger partial charge in [0.05, 0.1) is 25.9 Å². The molecule has 2 aromatic rings. The minimum Gasteiger partial charge on any atom is -0.493 e. The van der Waals surface area contributed by atoms with E-state index >= 15 is 0 Å². The maximum atomic E-state index is 5.48. The van der Waals surface area contributed by atoms with Crippen LogP contribution >= 0.6 is 0 Å². The van der Waals surface area contributed by atoms with Gasteiger partial charge in [-0.25, -0.2) is 0 Å². The third-order valence-corrected chi connectivity index (χ3v) is 4.32. The average molecular weight is 286 g/mol. The standard InChI is InChI=1S/C17H22N2O2/c1-5-18(6-2)17-12-10-15(20-3)16(21-4)11-14(12)19-9-7-8-13(17)19/h7-11,17H,5-6H2,1-4H3.